The van der Waals surface area contributed by atoms with Crippen LogP contribution in [-0.4, -0.2) is 40.4 Å². The van der Waals surface area contributed by atoms with Crippen molar-refractivity contribution in [3.63, 3.8) is 0 Å². The van der Waals surface area contributed by atoms with E-state index in [2.05, 4.69) is 26.6 Å². The smallest absolute Gasteiger partial charge is 0.332 e. The minimum absolute atomic E-state index is 0.108. The molecule has 0 unspecified atom stereocenters. The van der Waals surface area contributed by atoms with Gasteiger partial charge >= 0.3 is 5.97 Å². The first kappa shape index (κ1) is 23.7. The number of amides is 2. The monoisotopic (exact) mass is 484 g/mol. The van der Waals surface area contributed by atoms with Crippen molar-refractivity contribution in [1.82, 2.24) is 5.32 Å². The number of rotatable bonds is 7. The molecule has 2 N–H and O–H groups in total. The van der Waals surface area contributed by atoms with E-state index >= 15 is 0 Å². The topological polar surface area (TPSA) is 84.5 Å². The number of nitrogens with one attached hydrogen (secondary N) is 2. The average molecular weight is 485 g/mol. The summed E-state index contributed by atoms with van der Waals surface area (Å²) in [5.41, 5.74) is -0.867. The van der Waals surface area contributed by atoms with Gasteiger partial charge in [-0.15, -0.1) is 11.8 Å². The summed E-state index contributed by atoms with van der Waals surface area (Å²) >= 11 is 4.58. The fourth-order valence-electron chi connectivity index (χ4n) is 3.21. The maximum absolute atomic E-state index is 12.8. The number of benzene rings is 1. The van der Waals surface area contributed by atoms with Crippen molar-refractivity contribution in [1.29, 1.82) is 0 Å². The lowest BCUT2D eigenvalue weighted by atomic mass is 9.81. The van der Waals surface area contributed by atoms with Crippen molar-refractivity contribution < 1.29 is 19.1 Å². The van der Waals surface area contributed by atoms with Crippen LogP contribution in [0.3, 0.4) is 0 Å². The molecule has 1 aliphatic carbocycles. The molecule has 1 aromatic carbocycles. The Balaban J connectivity index is 1.85. The molecule has 160 valence electrons. The van der Waals surface area contributed by atoms with Crippen LogP contribution in [0.25, 0.3) is 0 Å². The second kappa shape index (κ2) is 10.5. The Hall–Kier alpha value is -1.54. The summed E-state index contributed by atoms with van der Waals surface area (Å²) in [6.07, 6.45) is 3.97. The second-order valence-corrected chi connectivity index (χ2v) is 10.1. The van der Waals surface area contributed by atoms with E-state index in [0.717, 1.165) is 23.7 Å². The van der Waals surface area contributed by atoms with E-state index in [0.29, 0.717) is 18.5 Å². The first-order valence-corrected chi connectivity index (χ1v) is 11.7. The molecule has 0 atom stereocenters. The van der Waals surface area contributed by atoms with Crippen LogP contribution in [0, 0.1) is 0 Å². The summed E-state index contributed by atoms with van der Waals surface area (Å²) in [5, 5.41) is 5.71. The number of halogens is 1. The van der Waals surface area contributed by atoms with Crippen molar-refractivity contribution in [2.24, 2.45) is 0 Å². The molecule has 0 radical (unpaired) electrons. The maximum atomic E-state index is 12.8. The summed E-state index contributed by atoms with van der Waals surface area (Å²) in [6.45, 7) is 5.47. The molecule has 6 nitrogen and oxygen atoms in total. The molecular formula is C21H29BrN2O4S. The van der Waals surface area contributed by atoms with Crippen molar-refractivity contribution in [2.75, 3.05) is 16.8 Å². The average Bonchev–Trinajstić information content (AvgIpc) is 2.61. The highest BCUT2D eigenvalue weighted by molar-refractivity contribution is 9.10. The molecular weight excluding hydrogens is 456 g/mol. The summed E-state index contributed by atoms with van der Waals surface area (Å²) in [6, 6.07) is 7.32. The summed E-state index contributed by atoms with van der Waals surface area (Å²) < 4.78 is 6.45. The van der Waals surface area contributed by atoms with Crippen LogP contribution in [0.2, 0.25) is 0 Å². The van der Waals surface area contributed by atoms with Gasteiger partial charge in [0, 0.05) is 10.2 Å². The third-order valence-electron chi connectivity index (χ3n) is 4.45. The minimum atomic E-state index is -0.957. The SMILES string of the molecule is CC(C)(C)OC(=O)C1(NC(=O)CSCC(=O)Nc2cccc(Br)c2)CCCCC1. The van der Waals surface area contributed by atoms with Crippen molar-refractivity contribution >= 4 is 51.2 Å². The normalized spacial score (nSPS) is 16.0. The van der Waals surface area contributed by atoms with Gasteiger partial charge in [-0.1, -0.05) is 41.3 Å². The van der Waals surface area contributed by atoms with Crippen LogP contribution < -0.4 is 10.6 Å². The lowest BCUT2D eigenvalue weighted by Gasteiger charge is -2.37. The molecule has 0 heterocycles. The highest BCUT2D eigenvalue weighted by Crippen LogP contribution is 2.31. The first-order chi connectivity index (χ1) is 13.6. The largest absolute Gasteiger partial charge is 0.458 e. The minimum Gasteiger partial charge on any atom is -0.458 e. The van der Waals surface area contributed by atoms with Crippen LogP contribution in [0.1, 0.15) is 52.9 Å². The van der Waals surface area contributed by atoms with E-state index in [1.807, 2.05) is 39.0 Å². The lowest BCUT2D eigenvalue weighted by molar-refractivity contribution is -0.166. The Morgan fingerprint density at radius 3 is 2.38 bits per heavy atom. The van der Waals surface area contributed by atoms with E-state index in [9.17, 15) is 14.4 Å². The molecule has 0 saturated heterocycles. The van der Waals surface area contributed by atoms with Gasteiger partial charge in [-0.2, -0.15) is 0 Å². The van der Waals surface area contributed by atoms with Crippen LogP contribution >= 0.6 is 27.7 Å². The highest BCUT2D eigenvalue weighted by Gasteiger charge is 2.43. The van der Waals surface area contributed by atoms with Gasteiger partial charge in [0.25, 0.3) is 0 Å². The summed E-state index contributed by atoms with van der Waals surface area (Å²) in [7, 11) is 0. The zero-order valence-electron chi connectivity index (χ0n) is 17.2. The van der Waals surface area contributed by atoms with Crippen molar-refractivity contribution in [2.45, 2.75) is 64.0 Å². The van der Waals surface area contributed by atoms with Crippen molar-refractivity contribution in [3.8, 4) is 0 Å². The fraction of sp³-hybridized carbons (Fsp3) is 0.571. The third-order valence-corrected chi connectivity index (χ3v) is 5.88. The highest BCUT2D eigenvalue weighted by atomic mass is 79.9. The van der Waals surface area contributed by atoms with Gasteiger partial charge in [0.1, 0.15) is 11.1 Å². The Labute approximate surface area is 185 Å². The summed E-state index contributed by atoms with van der Waals surface area (Å²) in [5.74, 6) is -0.538. The molecule has 2 amide bonds. The van der Waals surface area contributed by atoms with E-state index in [1.165, 1.54) is 11.8 Å². The second-order valence-electron chi connectivity index (χ2n) is 8.24. The fourth-order valence-corrected chi connectivity index (χ4v) is 4.23. The Bertz CT molecular complexity index is 742. The standard InChI is InChI=1S/C21H29BrN2O4S/c1-20(2,3)28-19(27)21(10-5-4-6-11-21)24-18(26)14-29-13-17(25)23-16-9-7-8-15(22)12-16/h7-9,12H,4-6,10-11,13-14H2,1-3H3,(H,23,25)(H,24,26). The van der Waals surface area contributed by atoms with E-state index in [1.54, 1.807) is 6.07 Å². The van der Waals surface area contributed by atoms with Gasteiger partial charge in [-0.3, -0.25) is 9.59 Å². The molecule has 2 rings (SSSR count). The Morgan fingerprint density at radius 1 is 1.10 bits per heavy atom. The number of hydrogen-bond donors (Lipinski definition) is 2. The number of esters is 1. The molecule has 1 aliphatic rings. The molecule has 1 saturated carbocycles. The Kier molecular flexibility index (Phi) is 8.58. The van der Waals surface area contributed by atoms with Crippen LogP contribution in [-0.2, 0) is 19.1 Å². The summed E-state index contributed by atoms with van der Waals surface area (Å²) in [4.78, 5) is 37.3. The lowest BCUT2D eigenvalue weighted by Crippen LogP contribution is -2.58. The van der Waals surface area contributed by atoms with Gasteiger partial charge in [0.05, 0.1) is 11.5 Å². The molecule has 0 aromatic heterocycles. The number of anilines is 1. The van der Waals surface area contributed by atoms with Crippen LogP contribution in [0.4, 0.5) is 5.69 Å². The number of carbonyl (C=O) groups excluding carboxylic acids is 3. The van der Waals surface area contributed by atoms with Gasteiger partial charge < -0.3 is 15.4 Å². The molecule has 29 heavy (non-hydrogen) atoms. The molecule has 0 spiro atoms. The molecule has 8 heteroatoms. The van der Waals surface area contributed by atoms with Gasteiger partial charge in [-0.05, 0) is 51.8 Å². The maximum Gasteiger partial charge on any atom is 0.332 e. The van der Waals surface area contributed by atoms with Crippen LogP contribution in [0.15, 0.2) is 28.7 Å². The molecule has 1 aromatic rings. The molecule has 0 aliphatic heterocycles. The van der Waals surface area contributed by atoms with Gasteiger partial charge in [0.2, 0.25) is 11.8 Å². The third kappa shape index (κ3) is 8.01. The first-order valence-electron chi connectivity index (χ1n) is 9.77. The predicted octanol–water partition coefficient (Wildman–Crippen LogP) is 4.28. The zero-order chi connectivity index (χ0) is 21.5. The zero-order valence-corrected chi connectivity index (χ0v) is 19.6. The number of carbonyl (C=O) groups is 3. The Morgan fingerprint density at radius 2 is 1.76 bits per heavy atom. The number of ether oxygens (including phenoxy) is 1. The van der Waals surface area contributed by atoms with Crippen molar-refractivity contribution in [3.05, 3.63) is 28.7 Å². The molecule has 0 bridgehead atoms. The quantitative estimate of drug-likeness (QED) is 0.564. The number of hydrogen-bond acceptors (Lipinski definition) is 5. The predicted molar refractivity (Wildman–Crippen MR) is 120 cm³/mol. The number of thioether (sulfide) groups is 1. The van der Waals surface area contributed by atoms with E-state index in [-0.39, 0.29) is 29.3 Å². The van der Waals surface area contributed by atoms with Gasteiger partial charge in [-0.25, -0.2) is 4.79 Å². The van der Waals surface area contributed by atoms with E-state index < -0.39 is 11.1 Å². The molecule has 1 fully saturated rings. The van der Waals surface area contributed by atoms with Gasteiger partial charge in [0.15, 0.2) is 0 Å². The van der Waals surface area contributed by atoms with Crippen LogP contribution in [0.5, 0.6) is 0 Å². The van der Waals surface area contributed by atoms with E-state index in [4.69, 9.17) is 4.74 Å².